The Morgan fingerprint density at radius 1 is 1.38 bits per heavy atom. The maximum atomic E-state index is 13.1. The van der Waals surface area contributed by atoms with Crippen molar-refractivity contribution in [1.29, 1.82) is 0 Å². The van der Waals surface area contributed by atoms with Gasteiger partial charge in [0, 0.05) is 11.6 Å². The number of benzene rings is 1. The van der Waals surface area contributed by atoms with Crippen LogP contribution in [0.15, 0.2) is 24.3 Å². The zero-order valence-electron chi connectivity index (χ0n) is 7.66. The topological polar surface area (TPSA) is 26.0 Å². The molecule has 0 aliphatic carbocycles. The minimum absolute atomic E-state index is 0. The molecule has 0 amide bonds. The molecule has 0 spiro atoms. The SMILES string of the molecule is CCC[C@@H](N)c1ccccc1F.Cl. The molecule has 0 bridgehead atoms. The Kier molecular flexibility index (Phi) is 5.67. The molecule has 0 aliphatic heterocycles. The molecule has 1 rings (SSSR count). The number of rotatable bonds is 3. The van der Waals surface area contributed by atoms with Gasteiger partial charge in [-0.15, -0.1) is 12.4 Å². The molecule has 0 radical (unpaired) electrons. The molecule has 1 atom stereocenters. The van der Waals surface area contributed by atoms with Crippen LogP contribution < -0.4 is 5.73 Å². The molecule has 0 aromatic heterocycles. The average Bonchev–Trinajstić information content (AvgIpc) is 2.05. The lowest BCUT2D eigenvalue weighted by Gasteiger charge is -2.10. The number of hydrogen-bond acceptors (Lipinski definition) is 1. The third-order valence-corrected chi connectivity index (χ3v) is 1.90. The zero-order chi connectivity index (χ0) is 8.97. The van der Waals surface area contributed by atoms with Crippen molar-refractivity contribution < 1.29 is 4.39 Å². The van der Waals surface area contributed by atoms with Crippen LogP contribution in [0.4, 0.5) is 4.39 Å². The summed E-state index contributed by atoms with van der Waals surface area (Å²) in [6, 6.07) is 6.53. The second-order valence-electron chi connectivity index (χ2n) is 2.92. The Bertz CT molecular complexity index is 252. The van der Waals surface area contributed by atoms with E-state index in [0.717, 1.165) is 12.8 Å². The van der Waals surface area contributed by atoms with E-state index in [0.29, 0.717) is 5.56 Å². The highest BCUT2D eigenvalue weighted by atomic mass is 35.5. The highest BCUT2D eigenvalue weighted by molar-refractivity contribution is 5.85. The predicted molar refractivity (Wildman–Crippen MR) is 55.5 cm³/mol. The first-order chi connectivity index (χ1) is 5.75. The van der Waals surface area contributed by atoms with Gasteiger partial charge in [-0.1, -0.05) is 31.5 Å². The van der Waals surface area contributed by atoms with Crippen LogP contribution in [0.1, 0.15) is 31.4 Å². The summed E-state index contributed by atoms with van der Waals surface area (Å²) >= 11 is 0. The van der Waals surface area contributed by atoms with E-state index in [9.17, 15) is 4.39 Å². The van der Waals surface area contributed by atoms with Crippen molar-refractivity contribution >= 4 is 12.4 Å². The normalized spacial score (nSPS) is 11.9. The molecule has 1 aromatic carbocycles. The molecule has 0 saturated carbocycles. The summed E-state index contributed by atoms with van der Waals surface area (Å²) in [4.78, 5) is 0. The smallest absolute Gasteiger partial charge is 0.127 e. The first-order valence-electron chi connectivity index (χ1n) is 4.25. The van der Waals surface area contributed by atoms with E-state index in [1.54, 1.807) is 12.1 Å². The number of hydrogen-bond donors (Lipinski definition) is 1. The highest BCUT2D eigenvalue weighted by Crippen LogP contribution is 2.18. The molecule has 3 heteroatoms. The molecule has 0 fully saturated rings. The minimum Gasteiger partial charge on any atom is -0.324 e. The Hall–Kier alpha value is -0.600. The van der Waals surface area contributed by atoms with E-state index >= 15 is 0 Å². The molecule has 0 aliphatic rings. The van der Waals surface area contributed by atoms with Crippen LogP contribution >= 0.6 is 12.4 Å². The van der Waals surface area contributed by atoms with Crippen molar-refractivity contribution in [2.75, 3.05) is 0 Å². The quantitative estimate of drug-likeness (QED) is 0.803. The van der Waals surface area contributed by atoms with Crippen LogP contribution in [-0.2, 0) is 0 Å². The predicted octanol–water partition coefficient (Wildman–Crippen LogP) is 3.05. The highest BCUT2D eigenvalue weighted by Gasteiger charge is 2.08. The molecular formula is C10H15ClFN. The summed E-state index contributed by atoms with van der Waals surface area (Å²) in [5.74, 6) is -0.196. The molecule has 1 nitrogen and oxygen atoms in total. The van der Waals surface area contributed by atoms with E-state index in [-0.39, 0.29) is 24.3 Å². The fraction of sp³-hybridized carbons (Fsp3) is 0.400. The van der Waals surface area contributed by atoms with E-state index in [4.69, 9.17) is 5.73 Å². The molecule has 13 heavy (non-hydrogen) atoms. The maximum Gasteiger partial charge on any atom is 0.127 e. The van der Waals surface area contributed by atoms with Crippen molar-refractivity contribution in [2.24, 2.45) is 5.73 Å². The summed E-state index contributed by atoms with van der Waals surface area (Å²) in [7, 11) is 0. The van der Waals surface area contributed by atoms with Gasteiger partial charge in [0.2, 0.25) is 0 Å². The minimum atomic E-state index is -0.196. The van der Waals surface area contributed by atoms with Gasteiger partial charge in [-0.3, -0.25) is 0 Å². The third kappa shape index (κ3) is 3.33. The van der Waals surface area contributed by atoms with Gasteiger partial charge in [-0.05, 0) is 12.5 Å². The largest absolute Gasteiger partial charge is 0.324 e. The lowest BCUT2D eigenvalue weighted by molar-refractivity contribution is 0.560. The van der Waals surface area contributed by atoms with E-state index < -0.39 is 0 Å². The zero-order valence-corrected chi connectivity index (χ0v) is 8.48. The molecule has 0 saturated heterocycles. The Morgan fingerprint density at radius 2 is 2.00 bits per heavy atom. The standard InChI is InChI=1S/C10H14FN.ClH/c1-2-5-10(12)8-6-3-4-7-9(8)11;/h3-4,6-7,10H,2,5,12H2,1H3;1H/t10-;/m1./s1. The Labute approximate surface area is 84.5 Å². The van der Waals surface area contributed by atoms with E-state index in [1.807, 2.05) is 13.0 Å². The fourth-order valence-electron chi connectivity index (χ4n) is 1.24. The van der Waals surface area contributed by atoms with E-state index in [1.165, 1.54) is 6.07 Å². The van der Waals surface area contributed by atoms with Crippen LogP contribution in [0.25, 0.3) is 0 Å². The lowest BCUT2D eigenvalue weighted by Crippen LogP contribution is -2.11. The summed E-state index contributed by atoms with van der Waals surface area (Å²) in [6.07, 6.45) is 1.82. The van der Waals surface area contributed by atoms with E-state index in [2.05, 4.69) is 0 Å². The summed E-state index contributed by atoms with van der Waals surface area (Å²) < 4.78 is 13.1. The Balaban J connectivity index is 0.00000144. The number of halogens is 2. The maximum absolute atomic E-state index is 13.1. The van der Waals surface area contributed by atoms with Crippen LogP contribution in [0.3, 0.4) is 0 Å². The van der Waals surface area contributed by atoms with Crippen molar-refractivity contribution in [2.45, 2.75) is 25.8 Å². The fourth-order valence-corrected chi connectivity index (χ4v) is 1.24. The van der Waals surface area contributed by atoms with Crippen LogP contribution in [0.2, 0.25) is 0 Å². The van der Waals surface area contributed by atoms with Gasteiger partial charge in [0.1, 0.15) is 5.82 Å². The van der Waals surface area contributed by atoms with Gasteiger partial charge in [0.05, 0.1) is 0 Å². The van der Waals surface area contributed by atoms with Crippen molar-refractivity contribution in [1.82, 2.24) is 0 Å². The van der Waals surface area contributed by atoms with Gasteiger partial charge in [-0.25, -0.2) is 4.39 Å². The monoisotopic (exact) mass is 203 g/mol. The summed E-state index contributed by atoms with van der Waals surface area (Å²) in [6.45, 7) is 2.04. The second kappa shape index (κ2) is 5.95. The van der Waals surface area contributed by atoms with Crippen molar-refractivity contribution in [3.05, 3.63) is 35.6 Å². The molecular weight excluding hydrogens is 189 g/mol. The van der Waals surface area contributed by atoms with Gasteiger partial charge in [0.25, 0.3) is 0 Å². The average molecular weight is 204 g/mol. The second-order valence-corrected chi connectivity index (χ2v) is 2.92. The van der Waals surface area contributed by atoms with Gasteiger partial charge < -0.3 is 5.73 Å². The molecule has 1 aromatic rings. The lowest BCUT2D eigenvalue weighted by atomic mass is 10.0. The molecule has 2 N–H and O–H groups in total. The molecule has 74 valence electrons. The van der Waals surface area contributed by atoms with Crippen LogP contribution in [-0.4, -0.2) is 0 Å². The molecule has 0 heterocycles. The summed E-state index contributed by atoms with van der Waals surface area (Å²) in [5, 5.41) is 0. The van der Waals surface area contributed by atoms with Crippen LogP contribution in [0, 0.1) is 5.82 Å². The van der Waals surface area contributed by atoms with Crippen LogP contribution in [0.5, 0.6) is 0 Å². The van der Waals surface area contributed by atoms with Crippen molar-refractivity contribution in [3.8, 4) is 0 Å². The third-order valence-electron chi connectivity index (χ3n) is 1.90. The van der Waals surface area contributed by atoms with Crippen molar-refractivity contribution in [3.63, 3.8) is 0 Å². The van der Waals surface area contributed by atoms with Gasteiger partial charge in [-0.2, -0.15) is 0 Å². The number of nitrogens with two attached hydrogens (primary N) is 1. The first kappa shape index (κ1) is 12.4. The summed E-state index contributed by atoms with van der Waals surface area (Å²) in [5.41, 5.74) is 6.39. The van der Waals surface area contributed by atoms with Gasteiger partial charge >= 0.3 is 0 Å². The van der Waals surface area contributed by atoms with Gasteiger partial charge in [0.15, 0.2) is 0 Å². The molecule has 0 unspecified atom stereocenters. The first-order valence-corrected chi connectivity index (χ1v) is 4.25. The Morgan fingerprint density at radius 3 is 2.54 bits per heavy atom.